The lowest BCUT2D eigenvalue weighted by Crippen LogP contribution is -2.37. The average Bonchev–Trinajstić information content (AvgIpc) is 2.30. The first-order valence-electron chi connectivity index (χ1n) is 3.69. The van der Waals surface area contributed by atoms with Gasteiger partial charge in [-0.15, -0.1) is 0 Å². The monoisotopic (exact) mass is 172 g/mol. The van der Waals surface area contributed by atoms with Crippen LogP contribution >= 0.6 is 0 Å². The number of hydrazine groups is 1. The lowest BCUT2D eigenvalue weighted by molar-refractivity contribution is -0.137. The quantitative estimate of drug-likeness (QED) is 0.469. The van der Waals surface area contributed by atoms with E-state index in [9.17, 15) is 4.79 Å². The lowest BCUT2D eigenvalue weighted by Gasteiger charge is -2.16. The highest BCUT2D eigenvalue weighted by Gasteiger charge is 2.22. The summed E-state index contributed by atoms with van der Waals surface area (Å²) in [5.74, 6) is 4.75. The summed E-state index contributed by atoms with van der Waals surface area (Å²) in [6.45, 7) is 1.60. The summed E-state index contributed by atoms with van der Waals surface area (Å²) < 4.78 is 0. The van der Waals surface area contributed by atoms with Gasteiger partial charge in [0.25, 0.3) is 0 Å². The molecule has 0 saturated carbocycles. The lowest BCUT2D eigenvalue weighted by atomic mass is 10.4. The van der Waals surface area contributed by atoms with Gasteiger partial charge in [-0.25, -0.2) is 5.84 Å². The standard InChI is InChI=1S/C6H12N4O2/c7-6-9(2-1-5(11)12)3-4-10(6)8/h7H,1-4,8H2,(H,11,12). The van der Waals surface area contributed by atoms with E-state index in [1.54, 1.807) is 4.90 Å². The van der Waals surface area contributed by atoms with Gasteiger partial charge >= 0.3 is 5.97 Å². The summed E-state index contributed by atoms with van der Waals surface area (Å²) in [7, 11) is 0. The Morgan fingerprint density at radius 2 is 2.33 bits per heavy atom. The number of guanidine groups is 1. The van der Waals surface area contributed by atoms with Crippen molar-refractivity contribution in [1.82, 2.24) is 9.91 Å². The molecule has 6 heteroatoms. The Hall–Kier alpha value is -1.30. The minimum atomic E-state index is -0.849. The van der Waals surface area contributed by atoms with Gasteiger partial charge in [0.1, 0.15) is 0 Å². The minimum absolute atomic E-state index is 0.0518. The Bertz CT molecular complexity index is 206. The molecular formula is C6H12N4O2. The Kier molecular flexibility index (Phi) is 2.49. The van der Waals surface area contributed by atoms with Gasteiger partial charge < -0.3 is 10.0 Å². The van der Waals surface area contributed by atoms with E-state index in [0.29, 0.717) is 19.6 Å². The van der Waals surface area contributed by atoms with Crippen LogP contribution in [0.15, 0.2) is 0 Å². The van der Waals surface area contributed by atoms with Gasteiger partial charge in [-0.3, -0.25) is 15.2 Å². The molecule has 6 nitrogen and oxygen atoms in total. The number of hydrogen-bond acceptors (Lipinski definition) is 3. The van der Waals surface area contributed by atoms with Gasteiger partial charge in [-0.05, 0) is 0 Å². The SMILES string of the molecule is N=C1N(N)CCN1CCC(=O)O. The molecule has 0 aromatic carbocycles. The molecule has 0 radical (unpaired) electrons. The van der Waals surface area contributed by atoms with Crippen LogP contribution in [-0.2, 0) is 4.79 Å². The maximum absolute atomic E-state index is 10.2. The maximum atomic E-state index is 10.2. The topological polar surface area (TPSA) is 93.7 Å². The van der Waals surface area contributed by atoms with Crippen LogP contribution < -0.4 is 5.84 Å². The zero-order valence-electron chi connectivity index (χ0n) is 6.66. The molecule has 0 unspecified atom stereocenters. The molecule has 1 fully saturated rings. The third kappa shape index (κ3) is 1.85. The van der Waals surface area contributed by atoms with Crippen LogP contribution in [0.1, 0.15) is 6.42 Å². The highest BCUT2D eigenvalue weighted by atomic mass is 16.4. The van der Waals surface area contributed by atoms with Crippen molar-refractivity contribution in [3.8, 4) is 0 Å². The van der Waals surface area contributed by atoms with Crippen molar-refractivity contribution in [3.05, 3.63) is 0 Å². The van der Waals surface area contributed by atoms with E-state index in [4.69, 9.17) is 16.4 Å². The largest absolute Gasteiger partial charge is 0.481 e. The first-order valence-corrected chi connectivity index (χ1v) is 3.69. The van der Waals surface area contributed by atoms with E-state index in [2.05, 4.69) is 0 Å². The van der Waals surface area contributed by atoms with E-state index >= 15 is 0 Å². The molecule has 1 heterocycles. The highest BCUT2D eigenvalue weighted by Crippen LogP contribution is 2.02. The van der Waals surface area contributed by atoms with Crippen LogP contribution in [0.25, 0.3) is 0 Å². The van der Waals surface area contributed by atoms with E-state index < -0.39 is 5.97 Å². The van der Waals surface area contributed by atoms with Crippen molar-refractivity contribution < 1.29 is 9.90 Å². The summed E-state index contributed by atoms with van der Waals surface area (Å²) in [4.78, 5) is 11.8. The molecule has 1 saturated heterocycles. The van der Waals surface area contributed by atoms with Crippen LogP contribution in [0.2, 0.25) is 0 Å². The van der Waals surface area contributed by atoms with Gasteiger partial charge in [0.2, 0.25) is 5.96 Å². The molecule has 0 bridgehead atoms. The summed E-state index contributed by atoms with van der Waals surface area (Å²) in [6, 6.07) is 0. The molecule has 0 aliphatic carbocycles. The van der Waals surface area contributed by atoms with Gasteiger partial charge in [0.05, 0.1) is 13.0 Å². The number of nitrogens with one attached hydrogen (secondary N) is 1. The fourth-order valence-corrected chi connectivity index (χ4v) is 1.07. The fourth-order valence-electron chi connectivity index (χ4n) is 1.07. The number of rotatable bonds is 3. The molecule has 4 N–H and O–H groups in total. The molecule has 1 aliphatic rings. The average molecular weight is 172 g/mol. The second kappa shape index (κ2) is 3.40. The van der Waals surface area contributed by atoms with Crippen LogP contribution in [0.3, 0.4) is 0 Å². The van der Waals surface area contributed by atoms with Crippen LogP contribution in [0.5, 0.6) is 0 Å². The second-order valence-corrected chi connectivity index (χ2v) is 2.65. The van der Waals surface area contributed by atoms with E-state index in [1.807, 2.05) is 0 Å². The second-order valence-electron chi connectivity index (χ2n) is 2.65. The third-order valence-electron chi connectivity index (χ3n) is 1.78. The first-order chi connectivity index (χ1) is 5.61. The first kappa shape index (κ1) is 8.79. The number of carboxylic acid groups (broad SMARTS) is 1. The van der Waals surface area contributed by atoms with Crippen molar-refractivity contribution in [3.63, 3.8) is 0 Å². The van der Waals surface area contributed by atoms with Crippen molar-refractivity contribution in [2.24, 2.45) is 5.84 Å². The fraction of sp³-hybridized carbons (Fsp3) is 0.667. The van der Waals surface area contributed by atoms with Crippen LogP contribution in [0.4, 0.5) is 0 Å². The molecule has 0 amide bonds. The molecule has 1 rings (SSSR count). The summed E-state index contributed by atoms with van der Waals surface area (Å²) in [5, 5.41) is 17.1. The number of aliphatic carboxylic acids is 1. The van der Waals surface area contributed by atoms with Gasteiger partial charge in [-0.1, -0.05) is 0 Å². The molecule has 0 aromatic rings. The minimum Gasteiger partial charge on any atom is -0.481 e. The van der Waals surface area contributed by atoms with Crippen molar-refractivity contribution in [2.75, 3.05) is 19.6 Å². The number of nitrogens with zero attached hydrogens (tertiary/aromatic N) is 2. The summed E-state index contributed by atoms with van der Waals surface area (Å²) >= 11 is 0. The number of nitrogens with two attached hydrogens (primary N) is 1. The van der Waals surface area contributed by atoms with Crippen molar-refractivity contribution in [1.29, 1.82) is 5.41 Å². The van der Waals surface area contributed by atoms with Gasteiger partial charge in [-0.2, -0.15) is 0 Å². The number of carboxylic acids is 1. The predicted octanol–water partition coefficient (Wildman–Crippen LogP) is -1.11. The molecule has 68 valence electrons. The number of hydrogen-bond donors (Lipinski definition) is 3. The highest BCUT2D eigenvalue weighted by molar-refractivity contribution is 5.78. The van der Waals surface area contributed by atoms with Gasteiger partial charge in [0.15, 0.2) is 0 Å². The zero-order chi connectivity index (χ0) is 9.14. The van der Waals surface area contributed by atoms with E-state index in [-0.39, 0.29) is 12.4 Å². The molecule has 0 spiro atoms. The molecular weight excluding hydrogens is 160 g/mol. The van der Waals surface area contributed by atoms with Crippen molar-refractivity contribution in [2.45, 2.75) is 6.42 Å². The molecule has 0 aromatic heterocycles. The molecule has 0 atom stereocenters. The Balaban J connectivity index is 2.34. The molecule has 1 aliphatic heterocycles. The summed E-state index contributed by atoms with van der Waals surface area (Å²) in [6.07, 6.45) is 0.0518. The Morgan fingerprint density at radius 1 is 1.67 bits per heavy atom. The number of carbonyl (C=O) groups is 1. The molecule has 12 heavy (non-hydrogen) atoms. The predicted molar refractivity (Wildman–Crippen MR) is 42.4 cm³/mol. The Morgan fingerprint density at radius 3 is 2.75 bits per heavy atom. The van der Waals surface area contributed by atoms with Crippen LogP contribution in [-0.4, -0.2) is 46.6 Å². The summed E-state index contributed by atoms with van der Waals surface area (Å²) in [5.41, 5.74) is 0. The van der Waals surface area contributed by atoms with E-state index in [0.717, 1.165) is 0 Å². The Labute approximate surface area is 70.0 Å². The zero-order valence-corrected chi connectivity index (χ0v) is 6.66. The smallest absolute Gasteiger partial charge is 0.305 e. The maximum Gasteiger partial charge on any atom is 0.305 e. The van der Waals surface area contributed by atoms with Gasteiger partial charge in [0, 0.05) is 13.1 Å². The normalized spacial score (nSPS) is 17.2. The van der Waals surface area contributed by atoms with E-state index in [1.165, 1.54) is 5.01 Å². The van der Waals surface area contributed by atoms with Crippen LogP contribution in [0, 0.1) is 5.41 Å². The van der Waals surface area contributed by atoms with Crippen molar-refractivity contribution >= 4 is 11.9 Å². The third-order valence-corrected chi connectivity index (χ3v) is 1.78.